The molecule has 0 radical (unpaired) electrons. The monoisotopic (exact) mass is 607 g/mol. The van der Waals surface area contributed by atoms with Gasteiger partial charge in [-0.05, 0) is 63.6 Å². The summed E-state index contributed by atoms with van der Waals surface area (Å²) < 4.78 is 43.2. The highest BCUT2D eigenvalue weighted by Gasteiger charge is 2.35. The topological polar surface area (TPSA) is 86.8 Å². The minimum Gasteiger partial charge on any atom is -0.350 e. The summed E-state index contributed by atoms with van der Waals surface area (Å²) in [6.07, 6.45) is 0.209. The van der Waals surface area contributed by atoms with Crippen molar-refractivity contribution in [3.8, 4) is 0 Å². The van der Waals surface area contributed by atoms with Crippen LogP contribution in [0.4, 0.5) is 10.1 Å². The number of sulfonamides is 1. The normalized spacial score (nSPS) is 12.5. The lowest BCUT2D eigenvalue weighted by Crippen LogP contribution is -2.55. The van der Waals surface area contributed by atoms with E-state index in [0.29, 0.717) is 5.56 Å². The van der Waals surface area contributed by atoms with Gasteiger partial charge in [0.15, 0.2) is 0 Å². The second-order valence-corrected chi connectivity index (χ2v) is 12.8. The van der Waals surface area contributed by atoms with Gasteiger partial charge in [0.25, 0.3) is 10.0 Å². The standard InChI is InChI=1S/C29H32Cl2FN3O4S/c1-5-25(28(37)33-29(2,3)4)34(18-21-22(30)14-11-15-23(21)31)27(36)19-35(26-17-10-9-16-24(26)32)40(38,39)20-12-7-6-8-13-20/h6-17,25H,5,18-19H2,1-4H3,(H,33,37). The Labute approximate surface area is 244 Å². The van der Waals surface area contributed by atoms with Crippen LogP contribution in [0, 0.1) is 5.82 Å². The Kier molecular flexibility index (Phi) is 10.2. The van der Waals surface area contributed by atoms with Crippen molar-refractivity contribution in [2.75, 3.05) is 10.8 Å². The van der Waals surface area contributed by atoms with Crippen molar-refractivity contribution in [1.82, 2.24) is 10.2 Å². The van der Waals surface area contributed by atoms with Crippen molar-refractivity contribution in [2.24, 2.45) is 0 Å². The van der Waals surface area contributed by atoms with Crippen molar-refractivity contribution < 1.29 is 22.4 Å². The van der Waals surface area contributed by atoms with Crippen LogP contribution in [0.5, 0.6) is 0 Å². The number of hydrogen-bond acceptors (Lipinski definition) is 4. The fourth-order valence-electron chi connectivity index (χ4n) is 4.11. The highest BCUT2D eigenvalue weighted by Crippen LogP contribution is 2.29. The van der Waals surface area contributed by atoms with E-state index in [1.165, 1.54) is 47.4 Å². The summed E-state index contributed by atoms with van der Waals surface area (Å²) in [5.41, 5.74) is -0.510. The van der Waals surface area contributed by atoms with E-state index in [0.717, 1.165) is 10.4 Å². The SMILES string of the molecule is CCC(C(=O)NC(C)(C)C)N(Cc1c(Cl)cccc1Cl)C(=O)CN(c1ccccc1F)S(=O)(=O)c1ccccc1. The molecule has 0 heterocycles. The van der Waals surface area contributed by atoms with E-state index in [1.54, 1.807) is 52.0 Å². The van der Waals surface area contributed by atoms with Crippen LogP contribution in [0.3, 0.4) is 0 Å². The molecule has 0 fully saturated rings. The zero-order chi connectivity index (χ0) is 29.7. The van der Waals surface area contributed by atoms with Gasteiger partial charge >= 0.3 is 0 Å². The third-order valence-electron chi connectivity index (χ3n) is 6.01. The second kappa shape index (κ2) is 13.0. The van der Waals surface area contributed by atoms with Gasteiger partial charge in [-0.2, -0.15) is 0 Å². The van der Waals surface area contributed by atoms with Gasteiger partial charge in [0, 0.05) is 27.7 Å². The number of halogens is 3. The molecule has 0 aromatic heterocycles. The van der Waals surface area contributed by atoms with E-state index in [1.807, 2.05) is 0 Å². The molecule has 0 aliphatic heterocycles. The number of nitrogens with zero attached hydrogens (tertiary/aromatic N) is 2. The summed E-state index contributed by atoms with van der Waals surface area (Å²) in [6.45, 7) is 6.20. The van der Waals surface area contributed by atoms with Gasteiger partial charge in [0.2, 0.25) is 11.8 Å². The molecule has 1 unspecified atom stereocenters. The first kappa shape index (κ1) is 31.4. The number of carbonyl (C=O) groups excluding carboxylic acids is 2. The van der Waals surface area contributed by atoms with Gasteiger partial charge in [-0.25, -0.2) is 12.8 Å². The highest BCUT2D eigenvalue weighted by molar-refractivity contribution is 7.92. The van der Waals surface area contributed by atoms with Crippen molar-refractivity contribution in [3.63, 3.8) is 0 Å². The van der Waals surface area contributed by atoms with E-state index in [9.17, 15) is 22.4 Å². The van der Waals surface area contributed by atoms with E-state index in [4.69, 9.17) is 23.2 Å². The van der Waals surface area contributed by atoms with E-state index in [2.05, 4.69) is 5.32 Å². The van der Waals surface area contributed by atoms with E-state index < -0.39 is 45.8 Å². The number of para-hydroxylation sites is 1. The fourth-order valence-corrected chi connectivity index (χ4v) is 6.07. The number of nitrogens with one attached hydrogen (secondary N) is 1. The average molecular weight is 609 g/mol. The molecule has 3 aromatic rings. The summed E-state index contributed by atoms with van der Waals surface area (Å²) in [6, 6.07) is 16.6. The molecule has 0 bridgehead atoms. The predicted octanol–water partition coefficient (Wildman–Crippen LogP) is 6.05. The molecule has 3 aromatic carbocycles. The van der Waals surface area contributed by atoms with Crippen molar-refractivity contribution in [1.29, 1.82) is 0 Å². The summed E-state index contributed by atoms with van der Waals surface area (Å²) in [4.78, 5) is 28.5. The van der Waals surface area contributed by atoms with Crippen LogP contribution in [-0.2, 0) is 26.2 Å². The molecule has 0 aliphatic rings. The Morgan fingerprint density at radius 1 is 0.925 bits per heavy atom. The van der Waals surface area contributed by atoms with Crippen LogP contribution in [0.25, 0.3) is 0 Å². The first-order chi connectivity index (χ1) is 18.8. The summed E-state index contributed by atoms with van der Waals surface area (Å²) >= 11 is 12.8. The molecule has 3 rings (SSSR count). The predicted molar refractivity (Wildman–Crippen MR) is 156 cm³/mol. The van der Waals surface area contributed by atoms with Gasteiger partial charge in [-0.3, -0.25) is 13.9 Å². The Hall–Kier alpha value is -3.14. The van der Waals surface area contributed by atoms with Gasteiger partial charge < -0.3 is 10.2 Å². The van der Waals surface area contributed by atoms with Crippen molar-refractivity contribution in [2.45, 2.75) is 57.1 Å². The first-order valence-electron chi connectivity index (χ1n) is 12.6. The Bertz CT molecular complexity index is 1440. The zero-order valence-corrected chi connectivity index (χ0v) is 25.0. The van der Waals surface area contributed by atoms with Gasteiger partial charge in [0.1, 0.15) is 18.4 Å². The molecule has 0 aliphatic carbocycles. The summed E-state index contributed by atoms with van der Waals surface area (Å²) in [5, 5.41) is 3.43. The molecule has 214 valence electrons. The third-order valence-corrected chi connectivity index (χ3v) is 8.49. The molecule has 0 spiro atoms. The Morgan fingerprint density at radius 3 is 2.05 bits per heavy atom. The number of benzene rings is 3. The van der Waals surface area contributed by atoms with Crippen LogP contribution in [0.1, 0.15) is 39.7 Å². The fraction of sp³-hybridized carbons (Fsp3) is 0.310. The second-order valence-electron chi connectivity index (χ2n) is 10.2. The van der Waals surface area contributed by atoms with Crippen LogP contribution in [0.2, 0.25) is 10.0 Å². The summed E-state index contributed by atoms with van der Waals surface area (Å²) in [7, 11) is -4.38. The Morgan fingerprint density at radius 2 is 1.50 bits per heavy atom. The summed E-state index contributed by atoms with van der Waals surface area (Å²) in [5.74, 6) is -2.00. The smallest absolute Gasteiger partial charge is 0.264 e. The van der Waals surface area contributed by atoms with Crippen LogP contribution >= 0.6 is 23.2 Å². The largest absolute Gasteiger partial charge is 0.350 e. The van der Waals surface area contributed by atoms with Gasteiger partial charge in [-0.15, -0.1) is 0 Å². The number of anilines is 1. The lowest BCUT2D eigenvalue weighted by atomic mass is 10.1. The first-order valence-corrected chi connectivity index (χ1v) is 14.8. The molecular weight excluding hydrogens is 576 g/mol. The highest BCUT2D eigenvalue weighted by atomic mass is 35.5. The molecular formula is C29H32Cl2FN3O4S. The molecule has 0 saturated carbocycles. The average Bonchev–Trinajstić information content (AvgIpc) is 2.88. The number of carbonyl (C=O) groups is 2. The lowest BCUT2D eigenvalue weighted by molar-refractivity contribution is -0.141. The number of hydrogen-bond donors (Lipinski definition) is 1. The maximum atomic E-state index is 15.0. The minimum atomic E-state index is -4.38. The van der Waals surface area contributed by atoms with Gasteiger partial charge in [-0.1, -0.05) is 66.5 Å². The van der Waals surface area contributed by atoms with E-state index in [-0.39, 0.29) is 33.6 Å². The molecule has 0 saturated heterocycles. The third kappa shape index (κ3) is 7.53. The molecule has 1 N–H and O–H groups in total. The van der Waals surface area contributed by atoms with E-state index >= 15 is 0 Å². The molecule has 7 nitrogen and oxygen atoms in total. The maximum Gasteiger partial charge on any atom is 0.264 e. The Balaban J connectivity index is 2.12. The zero-order valence-electron chi connectivity index (χ0n) is 22.7. The van der Waals surface area contributed by atoms with Crippen LogP contribution in [-0.4, -0.2) is 43.3 Å². The van der Waals surface area contributed by atoms with Crippen LogP contribution in [0.15, 0.2) is 77.7 Å². The quantitative estimate of drug-likeness (QED) is 0.304. The number of amides is 2. The van der Waals surface area contributed by atoms with Crippen molar-refractivity contribution in [3.05, 3.63) is 94.2 Å². The molecule has 40 heavy (non-hydrogen) atoms. The van der Waals surface area contributed by atoms with Crippen molar-refractivity contribution >= 4 is 50.7 Å². The lowest BCUT2D eigenvalue weighted by Gasteiger charge is -2.35. The molecule has 11 heteroatoms. The minimum absolute atomic E-state index is 0.121. The molecule has 2 amide bonds. The van der Waals surface area contributed by atoms with Crippen LogP contribution < -0.4 is 9.62 Å². The number of rotatable bonds is 10. The van der Waals surface area contributed by atoms with Gasteiger partial charge in [0.05, 0.1) is 10.6 Å². The molecule has 1 atom stereocenters. The maximum absolute atomic E-state index is 15.0.